The number of aliphatic hydroxyl groups is 1. The van der Waals surface area contributed by atoms with E-state index in [2.05, 4.69) is 6.07 Å². The van der Waals surface area contributed by atoms with Gasteiger partial charge in [0.1, 0.15) is 11.2 Å². The number of anilines is 1. The molecular formula is C24H22N2O4. The molecule has 6 heteroatoms. The van der Waals surface area contributed by atoms with E-state index >= 15 is 0 Å². The van der Waals surface area contributed by atoms with Crippen molar-refractivity contribution in [3.63, 3.8) is 0 Å². The van der Waals surface area contributed by atoms with Crippen LogP contribution in [0.5, 0.6) is 0 Å². The molecule has 0 spiro atoms. The fraction of sp³-hybridized carbons (Fsp3) is 0.375. The van der Waals surface area contributed by atoms with Gasteiger partial charge in [-0.05, 0) is 18.6 Å². The minimum absolute atomic E-state index is 0.128. The summed E-state index contributed by atoms with van der Waals surface area (Å²) < 4.78 is 6.36. The number of rotatable bonds is 5. The molecule has 2 aromatic carbocycles. The molecule has 5 rings (SSSR count). The zero-order valence-electron chi connectivity index (χ0n) is 16.7. The third-order valence-corrected chi connectivity index (χ3v) is 6.79. The van der Waals surface area contributed by atoms with Crippen molar-refractivity contribution >= 4 is 28.3 Å². The first-order valence-corrected chi connectivity index (χ1v) is 10.3. The summed E-state index contributed by atoms with van der Waals surface area (Å²) in [6, 6.07) is 12.8. The molecule has 6 nitrogen and oxygen atoms in total. The van der Waals surface area contributed by atoms with Crippen molar-refractivity contribution in [3.8, 4) is 6.07 Å². The highest BCUT2D eigenvalue weighted by Gasteiger charge is 2.72. The minimum atomic E-state index is -0.946. The van der Waals surface area contributed by atoms with Crippen LogP contribution < -0.4 is 4.90 Å². The maximum Gasteiger partial charge on any atom is 0.241 e. The third-order valence-electron chi connectivity index (χ3n) is 6.79. The van der Waals surface area contributed by atoms with Gasteiger partial charge in [-0.2, -0.15) is 5.26 Å². The van der Waals surface area contributed by atoms with E-state index in [0.29, 0.717) is 28.4 Å². The quantitative estimate of drug-likeness (QED) is 0.613. The predicted octanol–water partition coefficient (Wildman–Crippen LogP) is 3.08. The van der Waals surface area contributed by atoms with Crippen LogP contribution in [0.3, 0.4) is 0 Å². The molecule has 30 heavy (non-hydrogen) atoms. The number of benzene rings is 2. The van der Waals surface area contributed by atoms with Crippen LogP contribution in [0.25, 0.3) is 10.8 Å². The van der Waals surface area contributed by atoms with Crippen molar-refractivity contribution in [1.82, 2.24) is 0 Å². The second kappa shape index (κ2) is 6.49. The Hall–Kier alpha value is -3.01. The van der Waals surface area contributed by atoms with Gasteiger partial charge in [-0.3, -0.25) is 9.59 Å². The van der Waals surface area contributed by atoms with E-state index in [1.807, 2.05) is 43.3 Å². The fourth-order valence-corrected chi connectivity index (χ4v) is 5.65. The topological polar surface area (TPSA) is 90.6 Å². The molecule has 4 atom stereocenters. The summed E-state index contributed by atoms with van der Waals surface area (Å²) in [6.45, 7) is 1.90. The van der Waals surface area contributed by atoms with Gasteiger partial charge < -0.3 is 9.84 Å². The lowest BCUT2D eigenvalue weighted by Crippen LogP contribution is -2.42. The molecule has 0 saturated carbocycles. The first-order valence-electron chi connectivity index (χ1n) is 10.3. The maximum atomic E-state index is 13.7. The Bertz CT molecular complexity index is 1110. The summed E-state index contributed by atoms with van der Waals surface area (Å²) in [4.78, 5) is 28.6. The normalized spacial score (nSPS) is 31.6. The van der Waals surface area contributed by atoms with E-state index in [-0.39, 0.29) is 24.8 Å². The van der Waals surface area contributed by atoms with E-state index in [1.54, 1.807) is 12.1 Å². The first-order chi connectivity index (χ1) is 14.5. The van der Waals surface area contributed by atoms with Crippen molar-refractivity contribution in [2.75, 3.05) is 11.5 Å². The molecule has 2 amide bonds. The number of hydrogen-bond acceptors (Lipinski definition) is 5. The lowest BCUT2D eigenvalue weighted by Gasteiger charge is -2.30. The highest BCUT2D eigenvalue weighted by Crippen LogP contribution is 2.60. The van der Waals surface area contributed by atoms with Gasteiger partial charge in [0.05, 0.1) is 29.2 Å². The largest absolute Gasteiger partial charge is 0.396 e. The van der Waals surface area contributed by atoms with Gasteiger partial charge in [-0.25, -0.2) is 4.90 Å². The number of nitriles is 1. The van der Waals surface area contributed by atoms with Crippen LogP contribution in [0.1, 0.15) is 31.7 Å². The molecule has 3 aliphatic heterocycles. The highest BCUT2D eigenvalue weighted by atomic mass is 16.5. The lowest BCUT2D eigenvalue weighted by molar-refractivity contribution is -0.130. The fourth-order valence-electron chi connectivity index (χ4n) is 5.65. The summed E-state index contributed by atoms with van der Waals surface area (Å²) in [5.74, 6) is -1.81. The molecule has 0 aromatic heterocycles. The number of ether oxygens (including phenoxy) is 1. The summed E-state index contributed by atoms with van der Waals surface area (Å²) in [5.41, 5.74) is -0.756. The van der Waals surface area contributed by atoms with Crippen LogP contribution in [0.2, 0.25) is 0 Å². The number of carbonyl (C=O) groups is 2. The molecule has 0 aliphatic carbocycles. The monoisotopic (exact) mass is 402 g/mol. The molecule has 2 bridgehead atoms. The number of nitrogens with zero attached hydrogens (tertiary/aromatic N) is 2. The minimum Gasteiger partial charge on any atom is -0.396 e. The van der Waals surface area contributed by atoms with E-state index in [1.165, 1.54) is 4.90 Å². The second-order valence-electron chi connectivity index (χ2n) is 8.33. The summed E-state index contributed by atoms with van der Waals surface area (Å²) >= 11 is 0. The molecule has 152 valence electrons. The van der Waals surface area contributed by atoms with Gasteiger partial charge in [0, 0.05) is 23.8 Å². The predicted molar refractivity (Wildman–Crippen MR) is 110 cm³/mol. The average molecular weight is 402 g/mol. The Morgan fingerprint density at radius 3 is 2.27 bits per heavy atom. The third kappa shape index (κ3) is 2.25. The zero-order valence-corrected chi connectivity index (χ0v) is 16.7. The Kier molecular flexibility index (Phi) is 4.11. The zero-order chi connectivity index (χ0) is 21.1. The van der Waals surface area contributed by atoms with Gasteiger partial charge in [0.2, 0.25) is 11.8 Å². The van der Waals surface area contributed by atoms with Crippen molar-refractivity contribution in [1.29, 1.82) is 5.26 Å². The van der Waals surface area contributed by atoms with Crippen LogP contribution in [0, 0.1) is 23.2 Å². The van der Waals surface area contributed by atoms with Crippen molar-refractivity contribution in [2.45, 2.75) is 37.4 Å². The number of imide groups is 1. The Morgan fingerprint density at radius 1 is 1.03 bits per heavy atom. The number of fused-ring (bicyclic) bond motifs is 6. The standard InChI is InChI=1S/C24H22N2O4/c1-2-9-23-10-11-24(30-23,12-13-27)20-19(23)21(28)26(22(20)29)18-8-7-15(14-25)16-5-3-4-6-17(16)18/h3-8,10-11,19-20,27H,2,9,12-13H2,1H3/t19-,20+,23-,24-/m1/s1. The lowest BCUT2D eigenvalue weighted by atomic mass is 9.69. The van der Waals surface area contributed by atoms with Crippen LogP contribution >= 0.6 is 0 Å². The van der Waals surface area contributed by atoms with Crippen LogP contribution in [-0.2, 0) is 14.3 Å². The maximum absolute atomic E-state index is 13.7. The summed E-state index contributed by atoms with van der Waals surface area (Å²) in [7, 11) is 0. The average Bonchev–Trinajstić information content (AvgIpc) is 3.34. The van der Waals surface area contributed by atoms with Crippen LogP contribution in [0.15, 0.2) is 48.6 Å². The Morgan fingerprint density at radius 2 is 1.67 bits per heavy atom. The van der Waals surface area contributed by atoms with Gasteiger partial charge in [-0.1, -0.05) is 49.8 Å². The molecule has 0 radical (unpaired) electrons. The molecule has 3 heterocycles. The van der Waals surface area contributed by atoms with Gasteiger partial charge in [0.25, 0.3) is 0 Å². The molecule has 0 unspecified atom stereocenters. The number of aliphatic hydroxyl groups excluding tert-OH is 1. The summed E-state index contributed by atoms with van der Waals surface area (Å²) in [5, 5.41) is 20.5. The van der Waals surface area contributed by atoms with Crippen molar-refractivity contribution < 1.29 is 19.4 Å². The van der Waals surface area contributed by atoms with Crippen molar-refractivity contribution in [2.24, 2.45) is 11.8 Å². The SMILES string of the molecule is CCC[C@]12C=C[C@](CCO)(O1)[C@@H]1C(=O)N(c3ccc(C#N)c4ccccc34)C(=O)[C@@H]12. The number of carbonyl (C=O) groups excluding carboxylic acids is 2. The smallest absolute Gasteiger partial charge is 0.241 e. The molecule has 3 aliphatic rings. The van der Waals surface area contributed by atoms with E-state index in [9.17, 15) is 20.0 Å². The van der Waals surface area contributed by atoms with E-state index < -0.39 is 23.0 Å². The van der Waals surface area contributed by atoms with Gasteiger partial charge in [0.15, 0.2) is 0 Å². The molecule has 2 aromatic rings. The Labute approximate surface area is 174 Å². The number of hydrogen-bond donors (Lipinski definition) is 1. The molecule has 2 saturated heterocycles. The molecular weight excluding hydrogens is 380 g/mol. The van der Waals surface area contributed by atoms with E-state index in [4.69, 9.17) is 4.74 Å². The van der Waals surface area contributed by atoms with Crippen molar-refractivity contribution in [3.05, 3.63) is 54.1 Å². The van der Waals surface area contributed by atoms with Gasteiger partial charge >= 0.3 is 0 Å². The van der Waals surface area contributed by atoms with Gasteiger partial charge in [-0.15, -0.1) is 0 Å². The van der Waals surface area contributed by atoms with E-state index in [0.717, 1.165) is 6.42 Å². The first kappa shape index (κ1) is 19.0. The highest BCUT2D eigenvalue weighted by molar-refractivity contribution is 6.26. The molecule has 1 N–H and O–H groups in total. The molecule has 2 fully saturated rings. The summed E-state index contributed by atoms with van der Waals surface area (Å²) in [6.07, 6.45) is 5.53. The number of amides is 2. The Balaban J connectivity index is 1.67. The second-order valence-corrected chi connectivity index (χ2v) is 8.33. The van der Waals surface area contributed by atoms with Crippen LogP contribution in [-0.4, -0.2) is 34.7 Å². The van der Waals surface area contributed by atoms with Crippen LogP contribution in [0.4, 0.5) is 5.69 Å².